The Hall–Kier alpha value is -3.89. The average Bonchev–Trinajstić information content (AvgIpc) is 3.28. The largest absolute Gasteiger partial charge is 0.343 e. The van der Waals surface area contributed by atoms with Gasteiger partial charge in [-0.1, -0.05) is 11.6 Å². The number of benzene rings is 2. The number of nitriles is 1. The number of aryl methyl sites for hydroxylation is 1. The molecule has 5 rings (SSSR count). The third-order valence-corrected chi connectivity index (χ3v) is 5.99. The van der Waals surface area contributed by atoms with Crippen LogP contribution in [0.2, 0.25) is 5.02 Å². The SMILES string of the molecule is N#CCCCn1c(Cn2c(=O)n(-c3ccncc3)c3ccc(F)cc32)cc2cc(Cl)ccc21. The normalized spacial score (nSPS) is 11.3. The zero-order valence-corrected chi connectivity index (χ0v) is 18.3. The van der Waals surface area contributed by atoms with Gasteiger partial charge in [-0.15, -0.1) is 0 Å². The lowest BCUT2D eigenvalue weighted by molar-refractivity contribution is 0.617. The highest BCUT2D eigenvalue weighted by molar-refractivity contribution is 6.31. The van der Waals surface area contributed by atoms with Gasteiger partial charge in [-0.05, 0) is 61.0 Å². The Kier molecular flexibility index (Phi) is 5.45. The fraction of sp³-hybridized carbons (Fsp3) is 0.160. The van der Waals surface area contributed by atoms with E-state index < -0.39 is 5.82 Å². The zero-order chi connectivity index (χ0) is 22.9. The lowest BCUT2D eigenvalue weighted by Gasteiger charge is -2.11. The van der Waals surface area contributed by atoms with Crippen LogP contribution in [0.3, 0.4) is 0 Å². The van der Waals surface area contributed by atoms with Crippen LogP contribution in [0.25, 0.3) is 27.6 Å². The molecule has 8 heteroatoms. The summed E-state index contributed by atoms with van der Waals surface area (Å²) in [5.74, 6) is -0.413. The second-order valence-corrected chi connectivity index (χ2v) is 8.23. The minimum atomic E-state index is -0.413. The van der Waals surface area contributed by atoms with E-state index in [0.29, 0.717) is 41.1 Å². The molecule has 3 aromatic heterocycles. The summed E-state index contributed by atoms with van der Waals surface area (Å²) < 4.78 is 19.5. The molecule has 0 spiro atoms. The molecule has 0 atom stereocenters. The maximum Gasteiger partial charge on any atom is 0.334 e. The molecule has 0 bridgehead atoms. The van der Waals surface area contributed by atoms with Gasteiger partial charge < -0.3 is 4.57 Å². The topological polar surface area (TPSA) is 68.5 Å². The summed E-state index contributed by atoms with van der Waals surface area (Å²) in [6, 6.07) is 17.7. The summed E-state index contributed by atoms with van der Waals surface area (Å²) in [4.78, 5) is 17.6. The van der Waals surface area contributed by atoms with Crippen LogP contribution in [0.1, 0.15) is 18.5 Å². The summed E-state index contributed by atoms with van der Waals surface area (Å²) in [5.41, 5.74) is 3.36. The summed E-state index contributed by atoms with van der Waals surface area (Å²) in [7, 11) is 0. The Bertz CT molecular complexity index is 1580. The van der Waals surface area contributed by atoms with E-state index in [0.717, 1.165) is 16.6 Å². The molecule has 0 N–H and O–H groups in total. The Morgan fingerprint density at radius 2 is 1.76 bits per heavy atom. The number of halogens is 2. The minimum absolute atomic E-state index is 0.246. The molecule has 0 aliphatic rings. The van der Waals surface area contributed by atoms with Crippen LogP contribution in [0.5, 0.6) is 0 Å². The quantitative estimate of drug-likeness (QED) is 0.324. The summed E-state index contributed by atoms with van der Waals surface area (Å²) in [5, 5.41) is 10.5. The molecule has 0 amide bonds. The predicted octanol–water partition coefficient (Wildman–Crippen LogP) is 5.29. The van der Waals surface area contributed by atoms with E-state index in [1.54, 1.807) is 39.7 Å². The molecule has 6 nitrogen and oxygen atoms in total. The van der Waals surface area contributed by atoms with Gasteiger partial charge in [0.25, 0.3) is 0 Å². The van der Waals surface area contributed by atoms with Gasteiger partial charge in [-0.3, -0.25) is 14.1 Å². The van der Waals surface area contributed by atoms with Crippen LogP contribution in [0.4, 0.5) is 4.39 Å². The van der Waals surface area contributed by atoms with E-state index in [-0.39, 0.29) is 12.2 Å². The first-order valence-electron chi connectivity index (χ1n) is 10.5. The molecule has 3 heterocycles. The number of aromatic nitrogens is 4. The number of hydrogen-bond acceptors (Lipinski definition) is 3. The van der Waals surface area contributed by atoms with Crippen molar-refractivity contribution in [3.8, 4) is 11.8 Å². The highest BCUT2D eigenvalue weighted by atomic mass is 35.5. The molecule has 0 aliphatic carbocycles. The molecule has 33 heavy (non-hydrogen) atoms. The van der Waals surface area contributed by atoms with Crippen molar-refractivity contribution in [2.45, 2.75) is 25.9 Å². The molecule has 0 saturated carbocycles. The first-order chi connectivity index (χ1) is 16.1. The van der Waals surface area contributed by atoms with Crippen molar-refractivity contribution in [1.29, 1.82) is 5.26 Å². The van der Waals surface area contributed by atoms with Gasteiger partial charge in [0.05, 0.1) is 29.3 Å². The van der Waals surface area contributed by atoms with Crippen molar-refractivity contribution in [3.63, 3.8) is 0 Å². The molecule has 2 aromatic carbocycles. The van der Waals surface area contributed by atoms with E-state index in [1.165, 1.54) is 12.1 Å². The first-order valence-corrected chi connectivity index (χ1v) is 10.9. The summed E-state index contributed by atoms with van der Waals surface area (Å²) in [6.07, 6.45) is 4.34. The highest BCUT2D eigenvalue weighted by Crippen LogP contribution is 2.26. The number of rotatable bonds is 6. The monoisotopic (exact) mass is 459 g/mol. The number of nitrogens with zero attached hydrogens (tertiary/aromatic N) is 5. The molecule has 0 aliphatic heterocycles. The van der Waals surface area contributed by atoms with Crippen molar-refractivity contribution in [2.24, 2.45) is 0 Å². The number of imidazole rings is 1. The van der Waals surface area contributed by atoms with Crippen LogP contribution in [0, 0.1) is 17.1 Å². The lowest BCUT2D eigenvalue weighted by Crippen LogP contribution is -2.24. The van der Waals surface area contributed by atoms with Crippen LogP contribution in [-0.2, 0) is 13.1 Å². The first kappa shape index (κ1) is 21.0. The fourth-order valence-corrected chi connectivity index (χ4v) is 4.48. The van der Waals surface area contributed by atoms with Crippen molar-refractivity contribution in [3.05, 3.63) is 94.0 Å². The number of hydrogen-bond donors (Lipinski definition) is 0. The summed E-state index contributed by atoms with van der Waals surface area (Å²) in [6.45, 7) is 0.871. The van der Waals surface area contributed by atoms with Gasteiger partial charge in [0.15, 0.2) is 0 Å². The third-order valence-electron chi connectivity index (χ3n) is 5.75. The second-order valence-electron chi connectivity index (χ2n) is 7.79. The van der Waals surface area contributed by atoms with Crippen molar-refractivity contribution >= 4 is 33.5 Å². The third kappa shape index (κ3) is 3.79. The minimum Gasteiger partial charge on any atom is -0.343 e. The van der Waals surface area contributed by atoms with Gasteiger partial charge in [-0.2, -0.15) is 5.26 Å². The Labute approximate surface area is 193 Å². The van der Waals surface area contributed by atoms with E-state index in [9.17, 15) is 9.18 Å². The molecule has 0 saturated heterocycles. The van der Waals surface area contributed by atoms with Crippen molar-refractivity contribution < 1.29 is 4.39 Å². The second kappa shape index (κ2) is 8.57. The van der Waals surface area contributed by atoms with E-state index in [2.05, 4.69) is 15.6 Å². The number of unbranched alkanes of at least 4 members (excludes halogenated alkanes) is 1. The van der Waals surface area contributed by atoms with E-state index in [4.69, 9.17) is 16.9 Å². The smallest absolute Gasteiger partial charge is 0.334 e. The Morgan fingerprint density at radius 3 is 2.55 bits per heavy atom. The van der Waals surface area contributed by atoms with E-state index in [1.807, 2.05) is 24.3 Å². The molecule has 5 aromatic rings. The van der Waals surface area contributed by atoms with Gasteiger partial charge in [-0.25, -0.2) is 9.18 Å². The van der Waals surface area contributed by atoms with Gasteiger partial charge in [0.1, 0.15) is 5.82 Å². The van der Waals surface area contributed by atoms with E-state index >= 15 is 0 Å². The van der Waals surface area contributed by atoms with Crippen LogP contribution >= 0.6 is 11.6 Å². The fourth-order valence-electron chi connectivity index (χ4n) is 4.30. The van der Waals surface area contributed by atoms with Crippen LogP contribution in [0.15, 0.2) is 71.8 Å². The molecule has 0 unspecified atom stereocenters. The maximum atomic E-state index is 14.2. The van der Waals surface area contributed by atoms with Crippen molar-refractivity contribution in [1.82, 2.24) is 18.7 Å². The standard InChI is InChI=1S/C25H19ClFN5O/c26-18-3-5-22-17(13-18)14-21(30(22)12-2-1-9-28)16-31-24-15-19(27)4-6-23(24)32(25(31)33)20-7-10-29-11-8-20/h3-8,10-11,13-15H,1-2,12,16H2. The maximum absolute atomic E-state index is 14.2. The zero-order valence-electron chi connectivity index (χ0n) is 17.6. The average molecular weight is 460 g/mol. The molecular formula is C25H19ClFN5O. The number of pyridine rings is 1. The number of fused-ring (bicyclic) bond motifs is 2. The van der Waals surface area contributed by atoms with Crippen LogP contribution in [-0.4, -0.2) is 18.7 Å². The predicted molar refractivity (Wildman–Crippen MR) is 126 cm³/mol. The molecule has 164 valence electrons. The molecule has 0 fully saturated rings. The van der Waals surface area contributed by atoms with Crippen LogP contribution < -0.4 is 5.69 Å². The van der Waals surface area contributed by atoms with Gasteiger partial charge in [0, 0.05) is 47.0 Å². The molecule has 0 radical (unpaired) electrons. The van der Waals surface area contributed by atoms with Gasteiger partial charge >= 0.3 is 5.69 Å². The molecular weight excluding hydrogens is 441 g/mol. The lowest BCUT2D eigenvalue weighted by atomic mass is 10.2. The highest BCUT2D eigenvalue weighted by Gasteiger charge is 2.18. The van der Waals surface area contributed by atoms with Gasteiger partial charge in [0.2, 0.25) is 0 Å². The summed E-state index contributed by atoms with van der Waals surface area (Å²) >= 11 is 6.20. The Balaban J connectivity index is 1.69. The Morgan fingerprint density at radius 1 is 0.970 bits per heavy atom. The van der Waals surface area contributed by atoms with Crippen molar-refractivity contribution in [2.75, 3.05) is 0 Å².